The maximum atomic E-state index is 13.2. The molecule has 0 aliphatic carbocycles. The summed E-state index contributed by atoms with van der Waals surface area (Å²) in [5.74, 6) is -0.636. The SMILES string of the molecule is CCNC(=O)c1cn(C(C)c2ccc(C#N)cn2)c(C)c(-c2ccnc(C(F)(F)F)c2)c1=O. The van der Waals surface area contributed by atoms with Crippen molar-refractivity contribution < 1.29 is 18.0 Å². The second-order valence-corrected chi connectivity index (χ2v) is 7.29. The number of nitriles is 1. The van der Waals surface area contributed by atoms with Crippen molar-refractivity contribution in [1.82, 2.24) is 19.9 Å². The highest BCUT2D eigenvalue weighted by molar-refractivity contribution is 5.95. The molecule has 0 aliphatic rings. The Hall–Kier alpha value is -4.00. The largest absolute Gasteiger partial charge is 0.433 e. The molecule has 1 amide bonds. The summed E-state index contributed by atoms with van der Waals surface area (Å²) in [5.41, 5.74) is -0.812. The Morgan fingerprint density at radius 1 is 1.27 bits per heavy atom. The van der Waals surface area contributed by atoms with Crippen molar-refractivity contribution in [2.75, 3.05) is 6.54 Å². The summed E-state index contributed by atoms with van der Waals surface area (Å²) in [4.78, 5) is 33.5. The van der Waals surface area contributed by atoms with Gasteiger partial charge in [-0.2, -0.15) is 18.4 Å². The zero-order valence-corrected chi connectivity index (χ0v) is 18.1. The van der Waals surface area contributed by atoms with Crippen molar-refractivity contribution in [3.63, 3.8) is 0 Å². The van der Waals surface area contributed by atoms with Crippen LogP contribution in [0.25, 0.3) is 11.1 Å². The first-order valence-corrected chi connectivity index (χ1v) is 10.0. The van der Waals surface area contributed by atoms with E-state index in [0.29, 0.717) is 17.0 Å². The summed E-state index contributed by atoms with van der Waals surface area (Å²) >= 11 is 0. The molecule has 0 radical (unpaired) electrons. The molecule has 0 saturated heterocycles. The first-order valence-electron chi connectivity index (χ1n) is 10.0. The lowest BCUT2D eigenvalue weighted by molar-refractivity contribution is -0.141. The molecular formula is C23H20F3N5O2. The van der Waals surface area contributed by atoms with Crippen molar-refractivity contribution in [3.8, 4) is 17.2 Å². The van der Waals surface area contributed by atoms with Gasteiger partial charge in [0.1, 0.15) is 17.3 Å². The van der Waals surface area contributed by atoms with Crippen LogP contribution in [-0.2, 0) is 6.18 Å². The van der Waals surface area contributed by atoms with E-state index in [9.17, 15) is 22.8 Å². The summed E-state index contributed by atoms with van der Waals surface area (Å²) in [6.07, 6.45) is -0.943. The van der Waals surface area contributed by atoms with Gasteiger partial charge in [0.2, 0.25) is 5.43 Å². The van der Waals surface area contributed by atoms with Crippen LogP contribution < -0.4 is 10.7 Å². The average Bonchev–Trinajstić information content (AvgIpc) is 2.78. The topological polar surface area (TPSA) is 101 Å². The molecule has 0 bridgehead atoms. The van der Waals surface area contributed by atoms with Crippen LogP contribution in [0.1, 0.15) is 52.9 Å². The number of carbonyl (C=O) groups excluding carboxylic acids is 1. The summed E-state index contributed by atoms with van der Waals surface area (Å²) in [5, 5.41) is 11.6. The number of alkyl halides is 3. The molecule has 3 heterocycles. The smallest absolute Gasteiger partial charge is 0.352 e. The van der Waals surface area contributed by atoms with E-state index in [2.05, 4.69) is 15.3 Å². The van der Waals surface area contributed by atoms with Gasteiger partial charge >= 0.3 is 6.18 Å². The van der Waals surface area contributed by atoms with Gasteiger partial charge in [0.25, 0.3) is 5.91 Å². The molecule has 1 atom stereocenters. The number of hydrogen-bond acceptors (Lipinski definition) is 5. The van der Waals surface area contributed by atoms with Gasteiger partial charge in [-0.3, -0.25) is 19.6 Å². The Bertz CT molecular complexity index is 1290. The van der Waals surface area contributed by atoms with E-state index in [1.54, 1.807) is 37.5 Å². The molecule has 3 aromatic rings. The van der Waals surface area contributed by atoms with Gasteiger partial charge in [0.15, 0.2) is 0 Å². The molecule has 170 valence electrons. The summed E-state index contributed by atoms with van der Waals surface area (Å²) in [6, 6.07) is 6.80. The van der Waals surface area contributed by atoms with Gasteiger partial charge < -0.3 is 9.88 Å². The van der Waals surface area contributed by atoms with E-state index < -0.39 is 29.2 Å². The molecule has 33 heavy (non-hydrogen) atoms. The van der Waals surface area contributed by atoms with Gasteiger partial charge in [-0.05, 0) is 50.6 Å². The molecule has 3 rings (SSSR count). The van der Waals surface area contributed by atoms with Gasteiger partial charge in [-0.1, -0.05) is 0 Å². The molecule has 0 spiro atoms. The first-order chi connectivity index (χ1) is 15.6. The average molecular weight is 455 g/mol. The molecule has 3 aromatic heterocycles. The minimum absolute atomic E-state index is 0.000268. The summed E-state index contributed by atoms with van der Waals surface area (Å²) < 4.78 is 41.3. The van der Waals surface area contributed by atoms with Crippen LogP contribution in [0.5, 0.6) is 0 Å². The summed E-state index contributed by atoms with van der Waals surface area (Å²) in [6.45, 7) is 5.31. The zero-order valence-electron chi connectivity index (χ0n) is 18.1. The van der Waals surface area contributed by atoms with Crippen LogP contribution in [0.4, 0.5) is 13.2 Å². The number of pyridine rings is 3. The molecule has 1 unspecified atom stereocenters. The number of hydrogen-bond donors (Lipinski definition) is 1. The lowest BCUT2D eigenvalue weighted by atomic mass is 9.99. The van der Waals surface area contributed by atoms with E-state index in [1.165, 1.54) is 18.5 Å². The Morgan fingerprint density at radius 3 is 2.58 bits per heavy atom. The van der Waals surface area contributed by atoms with E-state index in [0.717, 1.165) is 12.3 Å². The monoisotopic (exact) mass is 455 g/mol. The maximum Gasteiger partial charge on any atom is 0.433 e. The number of rotatable bonds is 5. The molecule has 1 N–H and O–H groups in total. The second-order valence-electron chi connectivity index (χ2n) is 7.29. The van der Waals surface area contributed by atoms with Gasteiger partial charge in [-0.25, -0.2) is 0 Å². The van der Waals surface area contributed by atoms with Crippen molar-refractivity contribution in [1.29, 1.82) is 5.26 Å². The van der Waals surface area contributed by atoms with Crippen LogP contribution in [0.3, 0.4) is 0 Å². The number of nitrogens with zero attached hydrogens (tertiary/aromatic N) is 4. The predicted molar refractivity (Wildman–Crippen MR) is 114 cm³/mol. The lowest BCUT2D eigenvalue weighted by Crippen LogP contribution is -2.31. The minimum atomic E-state index is -4.69. The highest BCUT2D eigenvalue weighted by Gasteiger charge is 2.33. The number of amides is 1. The maximum absolute atomic E-state index is 13.2. The zero-order chi connectivity index (χ0) is 24.3. The van der Waals surface area contributed by atoms with Gasteiger partial charge in [0.05, 0.1) is 17.3 Å². The number of nitrogens with one attached hydrogen (secondary N) is 1. The fraction of sp³-hybridized carbons (Fsp3) is 0.261. The van der Waals surface area contributed by atoms with Crippen LogP contribution in [0.15, 0.2) is 47.7 Å². The van der Waals surface area contributed by atoms with Gasteiger partial charge in [-0.15, -0.1) is 0 Å². The number of carbonyl (C=O) groups is 1. The van der Waals surface area contributed by atoms with Crippen molar-refractivity contribution in [2.45, 2.75) is 33.0 Å². The summed E-state index contributed by atoms with van der Waals surface area (Å²) in [7, 11) is 0. The Balaban J connectivity index is 2.27. The number of aromatic nitrogens is 3. The first kappa shape index (κ1) is 23.7. The van der Waals surface area contributed by atoms with Crippen LogP contribution in [-0.4, -0.2) is 27.0 Å². The van der Waals surface area contributed by atoms with Crippen LogP contribution in [0, 0.1) is 18.3 Å². The second kappa shape index (κ2) is 9.24. The highest BCUT2D eigenvalue weighted by atomic mass is 19.4. The minimum Gasteiger partial charge on any atom is -0.352 e. The quantitative estimate of drug-likeness (QED) is 0.630. The molecule has 0 aliphatic heterocycles. The normalized spacial score (nSPS) is 12.2. The van der Waals surface area contributed by atoms with Crippen LogP contribution >= 0.6 is 0 Å². The van der Waals surface area contributed by atoms with E-state index in [4.69, 9.17) is 5.26 Å². The fourth-order valence-corrected chi connectivity index (χ4v) is 3.48. The lowest BCUT2D eigenvalue weighted by Gasteiger charge is -2.22. The predicted octanol–water partition coefficient (Wildman–Crippen LogP) is 3.86. The fourth-order valence-electron chi connectivity index (χ4n) is 3.48. The van der Waals surface area contributed by atoms with Crippen molar-refractivity contribution >= 4 is 5.91 Å². The van der Waals surface area contributed by atoms with E-state index in [1.807, 2.05) is 6.07 Å². The third-order valence-corrected chi connectivity index (χ3v) is 5.17. The Labute approximate surface area is 187 Å². The van der Waals surface area contributed by atoms with E-state index >= 15 is 0 Å². The standard InChI is InChI=1S/C23H20F3N5O2/c1-4-28-22(33)17-12-31(13(2)18-6-5-15(10-27)11-30-18)14(3)20(21(17)32)16-7-8-29-19(9-16)23(24,25)26/h5-9,11-13H,4H2,1-3H3,(H,28,33). The van der Waals surface area contributed by atoms with Crippen molar-refractivity contribution in [2.24, 2.45) is 0 Å². The third kappa shape index (κ3) is 4.77. The van der Waals surface area contributed by atoms with Crippen molar-refractivity contribution in [3.05, 3.63) is 81.3 Å². The van der Waals surface area contributed by atoms with E-state index in [-0.39, 0.29) is 23.2 Å². The molecule has 7 nitrogen and oxygen atoms in total. The van der Waals surface area contributed by atoms with Gasteiger partial charge in [0, 0.05) is 36.4 Å². The third-order valence-electron chi connectivity index (χ3n) is 5.17. The molecule has 0 fully saturated rings. The van der Waals surface area contributed by atoms with Crippen LogP contribution in [0.2, 0.25) is 0 Å². The molecule has 0 saturated carbocycles. The Morgan fingerprint density at radius 2 is 2.00 bits per heavy atom. The number of halogens is 3. The molecular weight excluding hydrogens is 435 g/mol. The highest BCUT2D eigenvalue weighted by Crippen LogP contribution is 2.31. The molecule has 10 heteroatoms. The Kier molecular flexibility index (Phi) is 6.62. The molecule has 0 aromatic carbocycles.